The van der Waals surface area contributed by atoms with Crippen molar-refractivity contribution in [3.05, 3.63) is 46.3 Å². The quantitative estimate of drug-likeness (QED) is 0.752. The Balaban J connectivity index is 1.64. The topological polar surface area (TPSA) is 72.4 Å². The van der Waals surface area contributed by atoms with Crippen molar-refractivity contribution in [2.45, 2.75) is 37.7 Å². The third-order valence-corrected chi connectivity index (χ3v) is 6.52. The Kier molecular flexibility index (Phi) is 5.41. The van der Waals surface area contributed by atoms with E-state index in [1.54, 1.807) is 30.3 Å². The van der Waals surface area contributed by atoms with Gasteiger partial charge in [0.15, 0.2) is 0 Å². The molecule has 0 atom stereocenters. The number of hydrogen-bond donors (Lipinski definition) is 0. The maximum Gasteiger partial charge on any atom is 0.243 e. The van der Waals surface area contributed by atoms with Gasteiger partial charge in [-0.25, -0.2) is 13.4 Å². The van der Waals surface area contributed by atoms with E-state index in [4.69, 9.17) is 4.74 Å². The molecule has 6 nitrogen and oxygen atoms in total. The Bertz CT molecular complexity index is 828. The van der Waals surface area contributed by atoms with Gasteiger partial charge in [-0.15, -0.1) is 0 Å². The van der Waals surface area contributed by atoms with Crippen LogP contribution in [0.25, 0.3) is 0 Å². The molecule has 3 rings (SSSR count). The van der Waals surface area contributed by atoms with Crippen LogP contribution in [0.4, 0.5) is 0 Å². The number of benzene rings is 1. The number of rotatable bonds is 4. The Labute approximate surface area is 156 Å². The van der Waals surface area contributed by atoms with Gasteiger partial charge in [0, 0.05) is 29.3 Å². The van der Waals surface area contributed by atoms with Crippen LogP contribution in [0.3, 0.4) is 0 Å². The van der Waals surface area contributed by atoms with Gasteiger partial charge in [0.05, 0.1) is 4.90 Å². The standard InChI is InChI=1S/C17H20BrN3O3S/c1-12-11-17(20-13(2)19-12)24-15-7-9-21(10-8-15)25(22,23)16-5-3-14(18)4-6-16/h3-6,11,15H,7-10H2,1-2H3. The maximum absolute atomic E-state index is 12.7. The van der Waals surface area contributed by atoms with Crippen molar-refractivity contribution in [3.8, 4) is 5.88 Å². The molecule has 1 fully saturated rings. The zero-order valence-corrected chi connectivity index (χ0v) is 16.5. The number of piperidine rings is 1. The molecular weight excluding hydrogens is 406 g/mol. The van der Waals surface area contributed by atoms with Crippen LogP contribution in [-0.4, -0.2) is 41.9 Å². The fraction of sp³-hybridized carbons (Fsp3) is 0.412. The molecule has 0 radical (unpaired) electrons. The average molecular weight is 426 g/mol. The summed E-state index contributed by atoms with van der Waals surface area (Å²) in [6, 6.07) is 8.52. The first-order chi connectivity index (χ1) is 11.8. The van der Waals surface area contributed by atoms with Crippen molar-refractivity contribution in [3.63, 3.8) is 0 Å². The fourth-order valence-electron chi connectivity index (χ4n) is 2.86. The van der Waals surface area contributed by atoms with Gasteiger partial charge >= 0.3 is 0 Å². The summed E-state index contributed by atoms with van der Waals surface area (Å²) in [5.41, 5.74) is 0.859. The van der Waals surface area contributed by atoms with Crippen LogP contribution in [0.2, 0.25) is 0 Å². The van der Waals surface area contributed by atoms with E-state index in [0.29, 0.717) is 42.5 Å². The summed E-state index contributed by atoms with van der Waals surface area (Å²) in [5, 5.41) is 0. The monoisotopic (exact) mass is 425 g/mol. The molecule has 134 valence electrons. The van der Waals surface area contributed by atoms with E-state index in [1.807, 2.05) is 13.8 Å². The van der Waals surface area contributed by atoms with Gasteiger partial charge < -0.3 is 4.74 Å². The zero-order chi connectivity index (χ0) is 18.0. The Morgan fingerprint density at radius 2 is 1.76 bits per heavy atom. The Morgan fingerprint density at radius 1 is 1.12 bits per heavy atom. The smallest absolute Gasteiger partial charge is 0.243 e. The second-order valence-corrected chi connectivity index (χ2v) is 8.92. The number of nitrogens with zero attached hydrogens (tertiary/aromatic N) is 3. The first-order valence-corrected chi connectivity index (χ1v) is 10.3. The van der Waals surface area contributed by atoms with Crippen LogP contribution in [0.5, 0.6) is 5.88 Å². The van der Waals surface area contributed by atoms with Gasteiger partial charge in [-0.2, -0.15) is 9.29 Å². The minimum absolute atomic E-state index is 0.0370. The minimum Gasteiger partial charge on any atom is -0.474 e. The van der Waals surface area contributed by atoms with Gasteiger partial charge in [-0.1, -0.05) is 15.9 Å². The van der Waals surface area contributed by atoms with E-state index in [9.17, 15) is 8.42 Å². The Morgan fingerprint density at radius 3 is 2.36 bits per heavy atom. The molecule has 0 amide bonds. The molecule has 1 aromatic carbocycles. The lowest BCUT2D eigenvalue weighted by Crippen LogP contribution is -2.41. The largest absolute Gasteiger partial charge is 0.474 e. The van der Waals surface area contributed by atoms with Gasteiger partial charge in [0.25, 0.3) is 0 Å². The first kappa shape index (κ1) is 18.3. The summed E-state index contributed by atoms with van der Waals surface area (Å²) >= 11 is 3.32. The first-order valence-electron chi connectivity index (χ1n) is 8.09. The summed E-state index contributed by atoms with van der Waals surface area (Å²) in [7, 11) is -3.46. The molecule has 0 saturated carbocycles. The molecule has 0 aliphatic carbocycles. The van der Waals surface area contributed by atoms with E-state index in [0.717, 1.165) is 10.2 Å². The van der Waals surface area contributed by atoms with E-state index in [-0.39, 0.29) is 6.10 Å². The molecule has 0 N–H and O–H groups in total. The van der Waals surface area contributed by atoms with E-state index in [1.165, 1.54) is 4.31 Å². The zero-order valence-electron chi connectivity index (χ0n) is 14.1. The van der Waals surface area contributed by atoms with Gasteiger partial charge in [-0.05, 0) is 51.0 Å². The molecule has 25 heavy (non-hydrogen) atoms. The number of ether oxygens (including phenoxy) is 1. The number of sulfonamides is 1. The lowest BCUT2D eigenvalue weighted by atomic mass is 10.1. The van der Waals surface area contributed by atoms with Gasteiger partial charge in [-0.3, -0.25) is 0 Å². The molecule has 2 aromatic rings. The average Bonchev–Trinajstić information content (AvgIpc) is 2.55. The molecule has 1 aliphatic heterocycles. The van der Waals surface area contributed by atoms with Crippen LogP contribution in [-0.2, 0) is 10.0 Å². The summed E-state index contributed by atoms with van der Waals surface area (Å²) in [5.74, 6) is 1.23. The number of aryl methyl sites for hydroxylation is 2. The normalized spacial score (nSPS) is 16.8. The third-order valence-electron chi connectivity index (χ3n) is 4.08. The van der Waals surface area contributed by atoms with Crippen molar-refractivity contribution in [2.75, 3.05) is 13.1 Å². The van der Waals surface area contributed by atoms with Crippen LogP contribution < -0.4 is 4.74 Å². The van der Waals surface area contributed by atoms with E-state index in [2.05, 4.69) is 25.9 Å². The van der Waals surface area contributed by atoms with Gasteiger partial charge in [0.1, 0.15) is 11.9 Å². The second kappa shape index (κ2) is 7.39. The molecule has 2 heterocycles. The minimum atomic E-state index is -3.46. The van der Waals surface area contributed by atoms with Crippen molar-refractivity contribution in [2.24, 2.45) is 0 Å². The Hall–Kier alpha value is -1.51. The third kappa shape index (κ3) is 4.37. The molecule has 1 aliphatic rings. The lowest BCUT2D eigenvalue weighted by molar-refractivity contribution is 0.129. The fourth-order valence-corrected chi connectivity index (χ4v) is 4.59. The van der Waals surface area contributed by atoms with Crippen molar-refractivity contribution < 1.29 is 13.2 Å². The van der Waals surface area contributed by atoms with Crippen LogP contribution in [0.15, 0.2) is 39.7 Å². The predicted octanol–water partition coefficient (Wildman–Crippen LogP) is 3.09. The van der Waals surface area contributed by atoms with E-state index >= 15 is 0 Å². The predicted molar refractivity (Wildman–Crippen MR) is 98.1 cm³/mol. The van der Waals surface area contributed by atoms with Crippen molar-refractivity contribution >= 4 is 26.0 Å². The summed E-state index contributed by atoms with van der Waals surface area (Å²) in [6.45, 7) is 4.60. The molecular formula is C17H20BrN3O3S. The van der Waals surface area contributed by atoms with Crippen LogP contribution in [0, 0.1) is 13.8 Å². The van der Waals surface area contributed by atoms with Crippen LogP contribution in [0.1, 0.15) is 24.4 Å². The molecule has 1 saturated heterocycles. The summed E-state index contributed by atoms with van der Waals surface area (Å²) < 4.78 is 33.7. The summed E-state index contributed by atoms with van der Waals surface area (Å²) in [6.07, 6.45) is 1.24. The number of aromatic nitrogens is 2. The number of halogens is 1. The molecule has 0 bridgehead atoms. The SMILES string of the molecule is Cc1cc(OC2CCN(S(=O)(=O)c3ccc(Br)cc3)CC2)nc(C)n1. The van der Waals surface area contributed by atoms with E-state index < -0.39 is 10.0 Å². The highest BCUT2D eigenvalue weighted by molar-refractivity contribution is 9.10. The highest BCUT2D eigenvalue weighted by Crippen LogP contribution is 2.24. The molecule has 8 heteroatoms. The molecule has 0 spiro atoms. The van der Waals surface area contributed by atoms with Gasteiger partial charge in [0.2, 0.25) is 15.9 Å². The maximum atomic E-state index is 12.7. The lowest BCUT2D eigenvalue weighted by Gasteiger charge is -2.31. The molecule has 0 unspecified atom stereocenters. The second-order valence-electron chi connectivity index (χ2n) is 6.07. The van der Waals surface area contributed by atoms with Crippen molar-refractivity contribution in [1.82, 2.24) is 14.3 Å². The highest BCUT2D eigenvalue weighted by atomic mass is 79.9. The number of hydrogen-bond acceptors (Lipinski definition) is 5. The van der Waals surface area contributed by atoms with Crippen molar-refractivity contribution in [1.29, 1.82) is 0 Å². The highest BCUT2D eigenvalue weighted by Gasteiger charge is 2.30. The summed E-state index contributed by atoms with van der Waals surface area (Å²) in [4.78, 5) is 8.83. The van der Waals surface area contributed by atoms with Crippen LogP contribution >= 0.6 is 15.9 Å². The molecule has 1 aromatic heterocycles.